The van der Waals surface area contributed by atoms with Crippen LogP contribution in [0.5, 0.6) is 0 Å². The maximum absolute atomic E-state index is 12.7. The van der Waals surface area contributed by atoms with Crippen molar-refractivity contribution in [3.8, 4) is 11.8 Å². The van der Waals surface area contributed by atoms with Gasteiger partial charge in [-0.15, -0.1) is 0 Å². The Kier molecular flexibility index (Phi) is 7.23. The number of hydrogen-bond donors (Lipinski definition) is 3. The molecule has 1 aromatic carbocycles. The quantitative estimate of drug-likeness (QED) is 0.359. The minimum Gasteiger partial charge on any atom is -0.322 e. The Hall–Kier alpha value is -2.69. The summed E-state index contributed by atoms with van der Waals surface area (Å²) in [7, 11) is 2.05. The molecule has 4 rings (SSSR count). The molecule has 0 aromatic heterocycles. The molecule has 1 saturated carbocycles. The van der Waals surface area contributed by atoms with Gasteiger partial charge in [-0.05, 0) is 75.9 Å². The third-order valence-corrected chi connectivity index (χ3v) is 6.80. The Balaban J connectivity index is 1.25. The van der Waals surface area contributed by atoms with E-state index in [9.17, 15) is 14.4 Å². The lowest BCUT2D eigenvalue weighted by atomic mass is 9.91. The average molecular weight is 437 g/mol. The molecular weight excluding hydrogens is 404 g/mol. The van der Waals surface area contributed by atoms with Gasteiger partial charge in [-0.1, -0.05) is 11.8 Å². The van der Waals surface area contributed by atoms with Crippen molar-refractivity contribution < 1.29 is 14.4 Å². The minimum absolute atomic E-state index is 0.149. The van der Waals surface area contributed by atoms with E-state index >= 15 is 0 Å². The van der Waals surface area contributed by atoms with Gasteiger partial charge < -0.3 is 15.5 Å². The molecule has 170 valence electrons. The van der Waals surface area contributed by atoms with Gasteiger partial charge in [0.25, 0.3) is 5.91 Å². The fourth-order valence-electron chi connectivity index (χ4n) is 4.89. The molecule has 3 aliphatic rings. The van der Waals surface area contributed by atoms with E-state index in [2.05, 4.69) is 27.8 Å². The third kappa shape index (κ3) is 5.20. The molecule has 2 fully saturated rings. The summed E-state index contributed by atoms with van der Waals surface area (Å²) in [6, 6.07) is 6.35. The summed E-state index contributed by atoms with van der Waals surface area (Å²) >= 11 is 0. The average Bonchev–Trinajstić information content (AvgIpc) is 3.12. The van der Waals surface area contributed by atoms with E-state index in [1.807, 2.05) is 19.2 Å². The lowest BCUT2D eigenvalue weighted by Gasteiger charge is -2.29. The summed E-state index contributed by atoms with van der Waals surface area (Å²) in [5.74, 6) is 5.65. The highest BCUT2D eigenvalue weighted by Crippen LogP contribution is 2.28. The summed E-state index contributed by atoms with van der Waals surface area (Å²) < 4.78 is 0. The van der Waals surface area contributed by atoms with Gasteiger partial charge in [0, 0.05) is 42.6 Å². The van der Waals surface area contributed by atoms with Crippen LogP contribution in [-0.2, 0) is 16.1 Å². The Morgan fingerprint density at radius 1 is 1.09 bits per heavy atom. The highest BCUT2D eigenvalue weighted by molar-refractivity contribution is 6.05. The summed E-state index contributed by atoms with van der Waals surface area (Å²) in [6.45, 7) is 1.37. The van der Waals surface area contributed by atoms with Gasteiger partial charge in [0.1, 0.15) is 6.04 Å². The molecule has 1 saturated heterocycles. The third-order valence-electron chi connectivity index (χ3n) is 6.80. The number of benzene rings is 1. The number of amides is 3. The molecule has 3 N–H and O–H groups in total. The monoisotopic (exact) mass is 436 g/mol. The number of rotatable bonds is 6. The number of nitrogens with one attached hydrogen (secondary N) is 3. The van der Waals surface area contributed by atoms with Gasteiger partial charge in [-0.2, -0.15) is 0 Å². The SMILES string of the molecule is CNC1CCC(NCCCC#Cc2ccc3c(c2)CN(C2CCC(=O)NC2=O)C3=O)CC1. The predicted octanol–water partition coefficient (Wildman–Crippen LogP) is 1.70. The first-order chi connectivity index (χ1) is 15.5. The van der Waals surface area contributed by atoms with E-state index in [1.54, 1.807) is 11.0 Å². The van der Waals surface area contributed by atoms with E-state index < -0.39 is 6.04 Å². The van der Waals surface area contributed by atoms with Crippen molar-refractivity contribution >= 4 is 17.7 Å². The van der Waals surface area contributed by atoms with Crippen LogP contribution < -0.4 is 16.0 Å². The summed E-state index contributed by atoms with van der Waals surface area (Å²) in [6.07, 6.45) is 7.46. The molecule has 32 heavy (non-hydrogen) atoms. The Labute approximate surface area is 189 Å². The predicted molar refractivity (Wildman–Crippen MR) is 122 cm³/mol. The zero-order valence-electron chi connectivity index (χ0n) is 18.7. The zero-order chi connectivity index (χ0) is 22.5. The maximum Gasteiger partial charge on any atom is 0.255 e. The first-order valence-corrected chi connectivity index (χ1v) is 11.7. The Bertz CT molecular complexity index is 940. The topological polar surface area (TPSA) is 90.5 Å². The first-order valence-electron chi connectivity index (χ1n) is 11.7. The van der Waals surface area contributed by atoms with Crippen molar-refractivity contribution in [3.63, 3.8) is 0 Å². The van der Waals surface area contributed by atoms with Crippen LogP contribution in [0.3, 0.4) is 0 Å². The normalized spacial score (nSPS) is 25.2. The maximum atomic E-state index is 12.7. The second-order valence-corrected chi connectivity index (χ2v) is 8.97. The van der Waals surface area contributed by atoms with Crippen molar-refractivity contribution in [2.24, 2.45) is 0 Å². The number of imide groups is 1. The largest absolute Gasteiger partial charge is 0.322 e. The molecule has 3 amide bonds. The molecular formula is C25H32N4O3. The molecule has 2 heterocycles. The van der Waals surface area contributed by atoms with E-state index in [4.69, 9.17) is 0 Å². The molecule has 7 heteroatoms. The van der Waals surface area contributed by atoms with Gasteiger partial charge in [-0.25, -0.2) is 0 Å². The van der Waals surface area contributed by atoms with Crippen LogP contribution in [0.15, 0.2) is 18.2 Å². The van der Waals surface area contributed by atoms with Crippen LogP contribution in [0.4, 0.5) is 0 Å². The molecule has 2 aliphatic heterocycles. The first kappa shape index (κ1) is 22.5. The van der Waals surface area contributed by atoms with E-state index in [0.717, 1.165) is 30.5 Å². The van der Waals surface area contributed by atoms with Crippen molar-refractivity contribution in [1.29, 1.82) is 0 Å². The fourth-order valence-corrected chi connectivity index (χ4v) is 4.89. The molecule has 1 atom stereocenters. The second kappa shape index (κ2) is 10.3. The number of carbonyl (C=O) groups is 3. The lowest BCUT2D eigenvalue weighted by molar-refractivity contribution is -0.136. The molecule has 1 aliphatic carbocycles. The highest BCUT2D eigenvalue weighted by atomic mass is 16.2. The van der Waals surface area contributed by atoms with Crippen LogP contribution >= 0.6 is 0 Å². The number of piperidine rings is 1. The number of carbonyl (C=O) groups excluding carboxylic acids is 3. The number of nitrogens with zero attached hydrogens (tertiary/aromatic N) is 1. The highest BCUT2D eigenvalue weighted by Gasteiger charge is 2.39. The molecule has 1 aromatic rings. The van der Waals surface area contributed by atoms with E-state index in [-0.39, 0.29) is 24.1 Å². The number of unbranched alkanes of at least 4 members (excludes halogenated alkanes) is 1. The number of hydrogen-bond acceptors (Lipinski definition) is 5. The van der Waals surface area contributed by atoms with Crippen LogP contribution in [0.25, 0.3) is 0 Å². The van der Waals surface area contributed by atoms with Crippen LogP contribution in [0.1, 0.15) is 72.9 Å². The van der Waals surface area contributed by atoms with Crippen LogP contribution in [-0.4, -0.2) is 54.3 Å². The summed E-state index contributed by atoms with van der Waals surface area (Å²) in [4.78, 5) is 37.9. The molecule has 0 spiro atoms. The van der Waals surface area contributed by atoms with Crippen molar-refractivity contribution in [3.05, 3.63) is 34.9 Å². The van der Waals surface area contributed by atoms with Gasteiger partial charge in [-0.3, -0.25) is 19.7 Å². The molecule has 1 unspecified atom stereocenters. The Morgan fingerprint density at radius 2 is 1.88 bits per heavy atom. The van der Waals surface area contributed by atoms with Gasteiger partial charge in [0.05, 0.1) is 0 Å². The van der Waals surface area contributed by atoms with E-state index in [0.29, 0.717) is 30.6 Å². The second-order valence-electron chi connectivity index (χ2n) is 8.97. The van der Waals surface area contributed by atoms with Crippen LogP contribution in [0, 0.1) is 11.8 Å². The van der Waals surface area contributed by atoms with Crippen LogP contribution in [0.2, 0.25) is 0 Å². The summed E-state index contributed by atoms with van der Waals surface area (Å²) in [5, 5.41) is 9.35. The lowest BCUT2D eigenvalue weighted by Crippen LogP contribution is -2.52. The minimum atomic E-state index is -0.581. The van der Waals surface area contributed by atoms with Gasteiger partial charge in [0.15, 0.2) is 0 Å². The zero-order valence-corrected chi connectivity index (χ0v) is 18.7. The van der Waals surface area contributed by atoms with Crippen molar-refractivity contribution in [2.45, 2.75) is 76.0 Å². The molecule has 7 nitrogen and oxygen atoms in total. The standard InChI is InChI=1S/C25H32N4O3/c1-26-19-7-9-20(10-8-19)27-14-4-2-3-5-17-6-11-21-18(15-17)16-29(25(21)32)22-12-13-23(30)28-24(22)31/h6,11,15,19-20,22,26-27H,2,4,7-10,12-14,16H2,1H3,(H,28,30,31). The molecule has 0 bridgehead atoms. The number of fused-ring (bicyclic) bond motifs is 1. The van der Waals surface area contributed by atoms with Crippen molar-refractivity contribution in [2.75, 3.05) is 13.6 Å². The van der Waals surface area contributed by atoms with Gasteiger partial charge >= 0.3 is 0 Å². The van der Waals surface area contributed by atoms with E-state index in [1.165, 1.54) is 25.7 Å². The Morgan fingerprint density at radius 3 is 2.62 bits per heavy atom. The summed E-state index contributed by atoms with van der Waals surface area (Å²) in [5.41, 5.74) is 2.41. The van der Waals surface area contributed by atoms with Gasteiger partial charge in [0.2, 0.25) is 11.8 Å². The smallest absolute Gasteiger partial charge is 0.255 e. The molecule has 0 radical (unpaired) electrons. The fraction of sp³-hybridized carbons (Fsp3) is 0.560. The van der Waals surface area contributed by atoms with Crippen molar-refractivity contribution in [1.82, 2.24) is 20.9 Å².